The summed E-state index contributed by atoms with van der Waals surface area (Å²) in [6, 6.07) is 18.1. The fourth-order valence-corrected chi connectivity index (χ4v) is 4.48. The first kappa shape index (κ1) is 25.2. The minimum absolute atomic E-state index is 0.0368. The lowest BCUT2D eigenvalue weighted by Gasteiger charge is -2.23. The summed E-state index contributed by atoms with van der Waals surface area (Å²) in [5.41, 5.74) is 1.26. The molecule has 0 spiro atoms. The van der Waals surface area contributed by atoms with E-state index in [1.165, 1.54) is 4.31 Å². The fraction of sp³-hybridized carbons (Fsp3) is 0.174. The van der Waals surface area contributed by atoms with Crippen LogP contribution in [-0.4, -0.2) is 33.7 Å². The fourth-order valence-electron chi connectivity index (χ4n) is 2.97. The normalized spacial score (nSPS) is 11.2. The van der Waals surface area contributed by atoms with Gasteiger partial charge in [-0.05, 0) is 60.7 Å². The molecule has 0 fully saturated rings. The third-order valence-electron chi connectivity index (χ3n) is 4.65. The summed E-state index contributed by atoms with van der Waals surface area (Å²) in [7, 11) is -3.64. The van der Waals surface area contributed by atoms with Crippen LogP contribution in [0.5, 0.6) is 5.75 Å². The number of hydrogen-bond acceptors (Lipinski definition) is 4. The van der Waals surface area contributed by atoms with Gasteiger partial charge in [0.1, 0.15) is 12.4 Å². The molecule has 6 nitrogen and oxygen atoms in total. The first-order valence-electron chi connectivity index (χ1n) is 9.82. The van der Waals surface area contributed by atoms with Gasteiger partial charge in [0.15, 0.2) is 0 Å². The first-order valence-corrected chi connectivity index (χ1v) is 12.8. The molecular formula is C23H21Cl3N2O4S. The van der Waals surface area contributed by atoms with Gasteiger partial charge in [-0.25, -0.2) is 8.42 Å². The molecule has 1 N–H and O–H groups in total. The van der Waals surface area contributed by atoms with Crippen molar-refractivity contribution in [1.29, 1.82) is 0 Å². The van der Waals surface area contributed by atoms with Crippen molar-refractivity contribution < 1.29 is 17.9 Å². The van der Waals surface area contributed by atoms with Gasteiger partial charge in [-0.2, -0.15) is 0 Å². The molecule has 0 aliphatic heterocycles. The average molecular weight is 528 g/mol. The standard InChI is InChI=1S/C23H21Cl3N2O4S/c1-33(30,31)28(15-20-21(25)3-2-4-22(20)26)18-9-5-16(6-10-18)23(29)27-13-14-32-19-11-7-17(24)8-12-19/h2-12H,13-15H2,1H3,(H,27,29). The zero-order chi connectivity index (χ0) is 24.0. The summed E-state index contributed by atoms with van der Waals surface area (Å²) in [5, 5.41) is 4.11. The molecule has 0 unspecified atom stereocenters. The largest absolute Gasteiger partial charge is 0.492 e. The Morgan fingerprint density at radius 2 is 1.55 bits per heavy atom. The highest BCUT2D eigenvalue weighted by atomic mass is 35.5. The molecule has 0 atom stereocenters. The Kier molecular flexibility index (Phi) is 8.48. The molecular weight excluding hydrogens is 507 g/mol. The van der Waals surface area contributed by atoms with Gasteiger partial charge in [0.2, 0.25) is 10.0 Å². The van der Waals surface area contributed by atoms with Crippen LogP contribution in [0.3, 0.4) is 0 Å². The molecule has 10 heteroatoms. The zero-order valence-corrected chi connectivity index (χ0v) is 20.7. The van der Waals surface area contributed by atoms with Crippen molar-refractivity contribution in [3.63, 3.8) is 0 Å². The molecule has 3 rings (SSSR count). The molecule has 33 heavy (non-hydrogen) atoms. The smallest absolute Gasteiger partial charge is 0.251 e. The lowest BCUT2D eigenvalue weighted by molar-refractivity contribution is 0.0947. The van der Waals surface area contributed by atoms with Crippen LogP contribution >= 0.6 is 34.8 Å². The van der Waals surface area contributed by atoms with Gasteiger partial charge in [-0.15, -0.1) is 0 Å². The number of sulfonamides is 1. The quantitative estimate of drug-likeness (QED) is 0.377. The molecule has 0 saturated heterocycles. The van der Waals surface area contributed by atoms with Crippen LogP contribution in [0.1, 0.15) is 15.9 Å². The van der Waals surface area contributed by atoms with Crippen molar-refractivity contribution in [2.75, 3.05) is 23.7 Å². The number of halogens is 3. The number of ether oxygens (including phenoxy) is 1. The van der Waals surface area contributed by atoms with Gasteiger partial charge in [0, 0.05) is 26.2 Å². The Balaban J connectivity index is 1.64. The maximum Gasteiger partial charge on any atom is 0.251 e. The highest BCUT2D eigenvalue weighted by Crippen LogP contribution is 2.29. The van der Waals surface area contributed by atoms with Crippen molar-refractivity contribution in [1.82, 2.24) is 5.32 Å². The van der Waals surface area contributed by atoms with Crippen LogP contribution in [0.15, 0.2) is 66.7 Å². The molecule has 3 aromatic carbocycles. The van der Waals surface area contributed by atoms with Crippen LogP contribution < -0.4 is 14.4 Å². The monoisotopic (exact) mass is 526 g/mol. The maximum atomic E-state index is 12.4. The van der Waals surface area contributed by atoms with Gasteiger partial charge in [0.05, 0.1) is 25.0 Å². The number of anilines is 1. The summed E-state index contributed by atoms with van der Waals surface area (Å²) < 4.78 is 31.6. The van der Waals surface area contributed by atoms with E-state index in [2.05, 4.69) is 5.32 Å². The minimum atomic E-state index is -3.64. The highest BCUT2D eigenvalue weighted by Gasteiger charge is 2.21. The van der Waals surface area contributed by atoms with Gasteiger partial charge in [-0.1, -0.05) is 40.9 Å². The van der Waals surface area contributed by atoms with Crippen LogP contribution in [0.2, 0.25) is 15.1 Å². The second kappa shape index (κ2) is 11.1. The SMILES string of the molecule is CS(=O)(=O)N(Cc1c(Cl)cccc1Cl)c1ccc(C(=O)NCCOc2ccc(Cl)cc2)cc1. The average Bonchev–Trinajstić information content (AvgIpc) is 2.77. The second-order valence-corrected chi connectivity index (χ2v) is 10.2. The van der Waals surface area contributed by atoms with E-state index in [1.54, 1.807) is 66.7 Å². The number of benzene rings is 3. The molecule has 0 aromatic heterocycles. The molecule has 3 aromatic rings. The summed E-state index contributed by atoms with van der Waals surface area (Å²) >= 11 is 18.3. The van der Waals surface area contributed by atoms with E-state index in [0.29, 0.717) is 44.2 Å². The molecule has 0 heterocycles. The van der Waals surface area contributed by atoms with Gasteiger partial charge < -0.3 is 10.1 Å². The maximum absolute atomic E-state index is 12.4. The molecule has 1 amide bonds. The van der Waals surface area contributed by atoms with Crippen molar-refractivity contribution in [3.05, 3.63) is 92.9 Å². The number of carbonyl (C=O) groups excluding carboxylic acids is 1. The molecule has 174 valence electrons. The van der Waals surface area contributed by atoms with Crippen LogP contribution in [-0.2, 0) is 16.6 Å². The number of carbonyl (C=O) groups is 1. The first-order chi connectivity index (χ1) is 15.6. The Morgan fingerprint density at radius 1 is 0.939 bits per heavy atom. The third-order valence-corrected chi connectivity index (χ3v) is 6.75. The summed E-state index contributed by atoms with van der Waals surface area (Å²) in [6.07, 6.45) is 1.10. The van der Waals surface area contributed by atoms with Crippen LogP contribution in [0, 0.1) is 0 Å². The number of nitrogens with one attached hydrogen (secondary N) is 1. The number of nitrogens with zero attached hydrogens (tertiary/aromatic N) is 1. The topological polar surface area (TPSA) is 75.7 Å². The molecule has 0 bridgehead atoms. The second-order valence-electron chi connectivity index (χ2n) is 7.08. The van der Waals surface area contributed by atoms with E-state index < -0.39 is 10.0 Å². The van der Waals surface area contributed by atoms with Crippen LogP contribution in [0.4, 0.5) is 5.69 Å². The van der Waals surface area contributed by atoms with Crippen molar-refractivity contribution in [2.24, 2.45) is 0 Å². The number of hydrogen-bond donors (Lipinski definition) is 1. The summed E-state index contributed by atoms with van der Waals surface area (Å²) in [5.74, 6) is 0.346. The van der Waals surface area contributed by atoms with Crippen molar-refractivity contribution in [2.45, 2.75) is 6.54 Å². The van der Waals surface area contributed by atoms with E-state index >= 15 is 0 Å². The van der Waals surface area contributed by atoms with E-state index in [9.17, 15) is 13.2 Å². The highest BCUT2D eigenvalue weighted by molar-refractivity contribution is 7.92. The zero-order valence-electron chi connectivity index (χ0n) is 17.6. The molecule has 0 radical (unpaired) electrons. The Hall–Kier alpha value is -2.45. The summed E-state index contributed by atoms with van der Waals surface area (Å²) in [6.45, 7) is 0.542. The van der Waals surface area contributed by atoms with Gasteiger partial charge in [0.25, 0.3) is 5.91 Å². The Morgan fingerprint density at radius 3 is 2.12 bits per heavy atom. The Labute approximate surface area is 208 Å². The van der Waals surface area contributed by atoms with E-state index in [0.717, 1.165) is 6.26 Å². The van der Waals surface area contributed by atoms with Crippen molar-refractivity contribution >= 4 is 56.4 Å². The lowest BCUT2D eigenvalue weighted by Crippen LogP contribution is -2.30. The summed E-state index contributed by atoms with van der Waals surface area (Å²) in [4.78, 5) is 12.4. The minimum Gasteiger partial charge on any atom is -0.492 e. The van der Waals surface area contributed by atoms with E-state index in [1.807, 2.05) is 0 Å². The third kappa shape index (κ3) is 7.01. The number of amides is 1. The molecule has 0 saturated carbocycles. The lowest BCUT2D eigenvalue weighted by atomic mass is 10.1. The predicted molar refractivity (Wildman–Crippen MR) is 133 cm³/mol. The molecule has 0 aliphatic rings. The molecule has 0 aliphatic carbocycles. The van der Waals surface area contributed by atoms with E-state index in [4.69, 9.17) is 39.5 Å². The Bertz CT molecular complexity index is 1200. The predicted octanol–water partition coefficient (Wildman–Crippen LogP) is 5.42. The van der Waals surface area contributed by atoms with Gasteiger partial charge in [-0.3, -0.25) is 9.10 Å². The number of rotatable bonds is 9. The van der Waals surface area contributed by atoms with Crippen LogP contribution in [0.25, 0.3) is 0 Å². The van der Waals surface area contributed by atoms with Gasteiger partial charge >= 0.3 is 0 Å². The van der Waals surface area contributed by atoms with E-state index in [-0.39, 0.29) is 19.1 Å². The van der Waals surface area contributed by atoms with Crippen molar-refractivity contribution in [3.8, 4) is 5.75 Å².